The zero-order valence-corrected chi connectivity index (χ0v) is 36.5. The third kappa shape index (κ3) is 11.3. The summed E-state index contributed by atoms with van der Waals surface area (Å²) in [6, 6.07) is 24.7. The molecule has 6 rings (SSSR count). The largest absolute Gasteiger partial charge is 0.489 e. The third-order valence-corrected chi connectivity index (χ3v) is 10.7. The van der Waals surface area contributed by atoms with Crippen molar-refractivity contribution in [3.8, 4) is 17.1 Å². The number of hydrogen-bond acceptors (Lipinski definition) is 8. The molecule has 1 fully saturated rings. The van der Waals surface area contributed by atoms with Crippen LogP contribution in [0.2, 0.25) is 0 Å². The molecule has 11 heteroatoms. The fourth-order valence-electron chi connectivity index (χ4n) is 6.38. The molecule has 9 nitrogen and oxygen atoms in total. The second kappa shape index (κ2) is 18.2. The van der Waals surface area contributed by atoms with E-state index in [1.165, 1.54) is 26.4 Å². The van der Waals surface area contributed by atoms with Gasteiger partial charge in [-0.15, -0.1) is 0 Å². The molecule has 1 saturated carbocycles. The first-order valence-corrected chi connectivity index (χ1v) is 20.4. The lowest BCUT2D eigenvalue weighted by atomic mass is 9.95. The molecule has 1 heterocycles. The molecule has 1 aliphatic rings. The molecule has 0 amide bonds. The number of carbonyl (C=O) groups is 3. The fraction of sp³-hybridized carbons (Fsp3) is 0.378. The minimum atomic E-state index is -0.566. The number of methoxy groups -OCH3 is 1. The average Bonchev–Trinajstić information content (AvgIpc) is 3.53. The Hall–Kier alpha value is -4.48. The molecule has 1 aliphatic carbocycles. The number of nitrogens with zero attached hydrogens (tertiary/aromatic N) is 2. The van der Waals surface area contributed by atoms with Crippen LogP contribution in [-0.2, 0) is 20.8 Å². The summed E-state index contributed by atoms with van der Waals surface area (Å²) in [6.07, 6.45) is 5.86. The van der Waals surface area contributed by atoms with E-state index < -0.39 is 11.2 Å². The highest BCUT2D eigenvalue weighted by Crippen LogP contribution is 2.37. The second-order valence-corrected chi connectivity index (χ2v) is 17.6. The maximum absolute atomic E-state index is 12.5. The van der Waals surface area contributed by atoms with Crippen molar-refractivity contribution in [1.82, 2.24) is 9.55 Å². The first kappa shape index (κ1) is 42.7. The minimum absolute atomic E-state index is 0.280. The van der Waals surface area contributed by atoms with Gasteiger partial charge in [0.1, 0.15) is 29.4 Å². The van der Waals surface area contributed by atoms with Gasteiger partial charge < -0.3 is 23.5 Å². The number of fused-ring (bicyclic) bond motifs is 1. The summed E-state index contributed by atoms with van der Waals surface area (Å²) < 4.78 is 26.0. The summed E-state index contributed by atoms with van der Waals surface area (Å²) in [5.41, 5.74) is 5.20. The van der Waals surface area contributed by atoms with E-state index in [2.05, 4.69) is 36.4 Å². The van der Waals surface area contributed by atoms with Crippen LogP contribution in [0, 0.1) is 6.92 Å². The van der Waals surface area contributed by atoms with Crippen molar-refractivity contribution in [3.05, 3.63) is 116 Å². The maximum atomic E-state index is 12.5. The number of carbonyl (C=O) groups excluding carboxylic acids is 3. The van der Waals surface area contributed by atoms with Gasteiger partial charge in [0.15, 0.2) is 0 Å². The van der Waals surface area contributed by atoms with Gasteiger partial charge in [-0.2, -0.15) is 0 Å². The van der Waals surface area contributed by atoms with E-state index >= 15 is 0 Å². The predicted octanol–water partition coefficient (Wildman–Crippen LogP) is 12.0. The molecule has 4 aromatic carbocycles. The maximum Gasteiger partial charge on any atom is 0.338 e. The van der Waals surface area contributed by atoms with E-state index in [1.807, 2.05) is 109 Å². The van der Waals surface area contributed by atoms with Crippen molar-refractivity contribution >= 4 is 60.8 Å². The molecule has 0 atom stereocenters. The van der Waals surface area contributed by atoms with Crippen LogP contribution in [0.1, 0.15) is 122 Å². The Bertz CT molecular complexity index is 2190. The number of esters is 3. The van der Waals surface area contributed by atoms with Crippen molar-refractivity contribution in [3.63, 3.8) is 0 Å². The molecule has 0 bridgehead atoms. The fourth-order valence-corrected chi connectivity index (χ4v) is 6.98. The standard InChI is InChI=1S/C33H35BrN2O5.C12H15BrO2/c1-33(2,3)41-32(38)22-12-16-27(34)24(18-22)20-40-26-14-10-21(11-15-26)30-35-28-19-23(31(37)39-4)13-17-29(28)36(30)25-8-6-5-7-9-25;1-8-7-9(5-6-10(8)13)11(14)15-12(2,3)4/h10-19,25H,5-9,20H2,1-4H3;5-7H,1-4H3. The summed E-state index contributed by atoms with van der Waals surface area (Å²) in [6.45, 7) is 13.3. The van der Waals surface area contributed by atoms with Gasteiger partial charge in [-0.05, 0) is 146 Å². The zero-order chi connectivity index (χ0) is 40.8. The number of aryl methyl sites for hydroxylation is 1. The summed E-state index contributed by atoms with van der Waals surface area (Å²) in [7, 11) is 1.39. The molecule has 1 aromatic heterocycles. The number of aromatic nitrogens is 2. The predicted molar refractivity (Wildman–Crippen MR) is 226 cm³/mol. The Labute approximate surface area is 346 Å². The van der Waals surface area contributed by atoms with Crippen LogP contribution in [-0.4, -0.2) is 45.8 Å². The number of ether oxygens (including phenoxy) is 4. The summed E-state index contributed by atoms with van der Waals surface area (Å²) in [4.78, 5) is 41.4. The number of imidazole rings is 1. The van der Waals surface area contributed by atoms with Crippen LogP contribution >= 0.6 is 31.9 Å². The molecule has 0 unspecified atom stereocenters. The van der Waals surface area contributed by atoms with Crippen molar-refractivity contribution in [2.45, 2.75) is 104 Å². The van der Waals surface area contributed by atoms with Crippen LogP contribution in [0.25, 0.3) is 22.4 Å². The molecule has 0 aliphatic heterocycles. The van der Waals surface area contributed by atoms with Crippen LogP contribution in [0.15, 0.2) is 87.8 Å². The van der Waals surface area contributed by atoms with Crippen LogP contribution < -0.4 is 4.74 Å². The zero-order valence-electron chi connectivity index (χ0n) is 33.3. The van der Waals surface area contributed by atoms with E-state index in [-0.39, 0.29) is 24.5 Å². The van der Waals surface area contributed by atoms with Gasteiger partial charge in [0, 0.05) is 26.1 Å². The second-order valence-electron chi connectivity index (χ2n) is 15.9. The van der Waals surface area contributed by atoms with Crippen molar-refractivity contribution < 1.29 is 33.3 Å². The Balaban J connectivity index is 0.000000337. The Kier molecular flexibility index (Phi) is 13.9. The van der Waals surface area contributed by atoms with Gasteiger partial charge >= 0.3 is 17.9 Å². The average molecular weight is 891 g/mol. The van der Waals surface area contributed by atoms with Crippen LogP contribution in [0.5, 0.6) is 5.75 Å². The van der Waals surface area contributed by atoms with E-state index in [1.54, 1.807) is 18.2 Å². The van der Waals surface area contributed by atoms with Gasteiger partial charge in [0.25, 0.3) is 0 Å². The lowest BCUT2D eigenvalue weighted by Gasteiger charge is -2.25. The van der Waals surface area contributed by atoms with Crippen molar-refractivity contribution in [1.29, 1.82) is 0 Å². The van der Waals surface area contributed by atoms with Gasteiger partial charge in [-0.1, -0.05) is 51.1 Å². The van der Waals surface area contributed by atoms with E-state index in [0.717, 1.165) is 55.3 Å². The number of halogens is 2. The Morgan fingerprint density at radius 3 is 1.84 bits per heavy atom. The SMILES string of the molecule is COC(=O)c1ccc2c(c1)nc(-c1ccc(OCc3cc(C(=O)OC(C)(C)C)ccc3Br)cc1)n2C1CCCCC1.Cc1cc(C(=O)OC(C)(C)C)ccc1Br. The number of benzene rings is 4. The Morgan fingerprint density at radius 2 is 1.27 bits per heavy atom. The quantitative estimate of drug-likeness (QED) is 0.112. The van der Waals surface area contributed by atoms with Gasteiger partial charge in [-0.25, -0.2) is 19.4 Å². The first-order chi connectivity index (χ1) is 26.4. The highest BCUT2D eigenvalue weighted by Gasteiger charge is 2.24. The van der Waals surface area contributed by atoms with Crippen LogP contribution in [0.3, 0.4) is 0 Å². The summed E-state index contributed by atoms with van der Waals surface area (Å²) in [5.74, 6) is 0.573. The molecule has 0 N–H and O–H groups in total. The molecule has 5 aromatic rings. The van der Waals surface area contributed by atoms with Gasteiger partial charge in [0.05, 0.1) is 34.8 Å². The summed E-state index contributed by atoms with van der Waals surface area (Å²) in [5, 5.41) is 0. The normalized spacial score (nSPS) is 13.4. The van der Waals surface area contributed by atoms with Crippen LogP contribution in [0.4, 0.5) is 0 Å². The monoisotopic (exact) mass is 888 g/mol. The van der Waals surface area contributed by atoms with E-state index in [4.69, 9.17) is 23.9 Å². The highest BCUT2D eigenvalue weighted by molar-refractivity contribution is 9.10. The smallest absolute Gasteiger partial charge is 0.338 e. The topological polar surface area (TPSA) is 106 Å². The molecular formula is C45H50Br2N2O7. The highest BCUT2D eigenvalue weighted by atomic mass is 79.9. The van der Waals surface area contributed by atoms with E-state index in [0.29, 0.717) is 28.5 Å². The number of rotatable bonds is 8. The lowest BCUT2D eigenvalue weighted by molar-refractivity contribution is 0.00568. The molecule has 0 saturated heterocycles. The Morgan fingerprint density at radius 1 is 0.714 bits per heavy atom. The van der Waals surface area contributed by atoms with Crippen molar-refractivity contribution in [2.24, 2.45) is 0 Å². The molecule has 56 heavy (non-hydrogen) atoms. The first-order valence-electron chi connectivity index (χ1n) is 18.8. The molecule has 296 valence electrons. The lowest BCUT2D eigenvalue weighted by Crippen LogP contribution is -2.24. The summed E-state index contributed by atoms with van der Waals surface area (Å²) >= 11 is 6.95. The minimum Gasteiger partial charge on any atom is -0.489 e. The molecule has 0 spiro atoms. The van der Waals surface area contributed by atoms with Crippen molar-refractivity contribution in [2.75, 3.05) is 7.11 Å². The van der Waals surface area contributed by atoms with Gasteiger partial charge in [-0.3, -0.25) is 0 Å². The molecule has 0 radical (unpaired) electrons. The molecular weight excluding hydrogens is 840 g/mol. The van der Waals surface area contributed by atoms with E-state index in [9.17, 15) is 14.4 Å². The van der Waals surface area contributed by atoms with Gasteiger partial charge in [0.2, 0.25) is 0 Å². The number of hydrogen-bond donors (Lipinski definition) is 0. The third-order valence-electron chi connectivity index (χ3n) is 9.03.